The summed E-state index contributed by atoms with van der Waals surface area (Å²) in [5, 5.41) is 21.4. The van der Waals surface area contributed by atoms with Crippen molar-refractivity contribution in [2.45, 2.75) is 83.2 Å². The molecule has 0 heterocycles. The zero-order valence-corrected chi connectivity index (χ0v) is 20.1. The lowest BCUT2D eigenvalue weighted by Crippen LogP contribution is -2.59. The van der Waals surface area contributed by atoms with E-state index in [-0.39, 0.29) is 17.4 Å². The number of aliphatic hydroxyl groups excluding tert-OH is 1. The number of carbonyl (C=O) groups is 1. The summed E-state index contributed by atoms with van der Waals surface area (Å²) in [7, 11) is 0. The first-order valence-electron chi connectivity index (χ1n) is 13.2. The van der Waals surface area contributed by atoms with Gasteiger partial charge in [-0.15, -0.1) is 0 Å². The molecule has 1 aromatic rings. The van der Waals surface area contributed by atoms with E-state index in [9.17, 15) is 15.0 Å². The van der Waals surface area contributed by atoms with Crippen molar-refractivity contribution in [3.63, 3.8) is 0 Å². The topological polar surface area (TPSA) is 57.5 Å². The van der Waals surface area contributed by atoms with Crippen molar-refractivity contribution in [2.75, 3.05) is 6.61 Å². The van der Waals surface area contributed by atoms with Gasteiger partial charge in [0, 0.05) is 11.8 Å². The lowest BCUT2D eigenvalue weighted by molar-refractivity contribution is -0.128. The molecule has 7 atom stereocenters. The highest BCUT2D eigenvalue weighted by Gasteiger charge is 2.67. The number of fused-ring (bicyclic) bond motifs is 4. The number of hydrogen-bond donors (Lipinski definition) is 2. The predicted octanol–water partition coefficient (Wildman–Crippen LogP) is 5.29. The third-order valence-electron chi connectivity index (χ3n) is 10.9. The molecule has 0 saturated heterocycles. The minimum absolute atomic E-state index is 0.0214. The summed E-state index contributed by atoms with van der Waals surface area (Å²) in [6.45, 7) is 4.54. The number of rotatable bonds is 3. The van der Waals surface area contributed by atoms with Crippen LogP contribution in [0, 0.1) is 28.6 Å². The maximum atomic E-state index is 12.5. The average molecular weight is 447 g/mol. The molecule has 33 heavy (non-hydrogen) atoms. The lowest BCUT2D eigenvalue weighted by Gasteiger charge is -2.65. The van der Waals surface area contributed by atoms with E-state index in [0.717, 1.165) is 51.4 Å². The van der Waals surface area contributed by atoms with Crippen LogP contribution in [0.5, 0.6) is 0 Å². The van der Waals surface area contributed by atoms with E-state index >= 15 is 0 Å². The summed E-state index contributed by atoms with van der Waals surface area (Å²) >= 11 is 0. The fraction of sp³-hybridized carbons (Fsp3) is 0.633. The first-order valence-corrected chi connectivity index (χ1v) is 13.2. The molecule has 176 valence electrons. The van der Waals surface area contributed by atoms with E-state index in [1.807, 2.05) is 12.2 Å². The maximum Gasteiger partial charge on any atom is 0.155 e. The molecule has 2 unspecified atom stereocenters. The Morgan fingerprint density at radius 2 is 2.03 bits per heavy atom. The fourth-order valence-corrected chi connectivity index (χ4v) is 9.44. The zero-order chi connectivity index (χ0) is 23.0. The van der Waals surface area contributed by atoms with Gasteiger partial charge in [-0.1, -0.05) is 49.8 Å². The first-order chi connectivity index (χ1) is 15.8. The van der Waals surface area contributed by atoms with Crippen LogP contribution < -0.4 is 0 Å². The number of benzene rings is 1. The number of ketones is 1. The third kappa shape index (κ3) is 2.85. The molecule has 5 aliphatic carbocycles. The van der Waals surface area contributed by atoms with Crippen molar-refractivity contribution < 1.29 is 15.0 Å². The molecule has 3 fully saturated rings. The summed E-state index contributed by atoms with van der Waals surface area (Å²) in [5.41, 5.74) is 4.93. The number of aliphatic hydroxyl groups is 2. The Bertz CT molecular complexity index is 1050. The van der Waals surface area contributed by atoms with E-state index in [0.29, 0.717) is 35.9 Å². The third-order valence-corrected chi connectivity index (χ3v) is 10.9. The highest BCUT2D eigenvalue weighted by atomic mass is 16.3. The van der Waals surface area contributed by atoms with Gasteiger partial charge >= 0.3 is 0 Å². The lowest BCUT2D eigenvalue weighted by atomic mass is 9.39. The molecule has 1 aromatic carbocycles. The molecule has 3 nitrogen and oxygen atoms in total. The van der Waals surface area contributed by atoms with Crippen molar-refractivity contribution in [2.24, 2.45) is 28.6 Å². The first kappa shape index (κ1) is 21.8. The van der Waals surface area contributed by atoms with Gasteiger partial charge in [0.25, 0.3) is 0 Å². The summed E-state index contributed by atoms with van der Waals surface area (Å²) in [4.78, 5) is 12.5. The summed E-state index contributed by atoms with van der Waals surface area (Å²) in [5.74, 6) is 2.42. The second-order valence-corrected chi connectivity index (χ2v) is 12.0. The van der Waals surface area contributed by atoms with Crippen molar-refractivity contribution in [3.05, 3.63) is 58.7 Å². The Hall–Kier alpha value is -1.71. The standard InChI is InChI=1S/C30H38O3/c1-3-19-5-7-23-20(15-19)17-29-12-9-22(32)16-21(29)6-8-24-26-10-13-30(33,11-4-14-31)28(26,2)18-25(23)27(24)29/h4-5,7,11,15-16,24-27,31,33H,3,6,8-10,12-14,17-18H2,1-2H3/b11-4-/t24-,25?,26-,27?,28-,29+,30-/m0/s1. The van der Waals surface area contributed by atoms with E-state index in [1.54, 1.807) is 6.08 Å². The second-order valence-electron chi connectivity index (χ2n) is 12.0. The van der Waals surface area contributed by atoms with E-state index in [4.69, 9.17) is 0 Å². The summed E-state index contributed by atoms with van der Waals surface area (Å²) < 4.78 is 0. The van der Waals surface area contributed by atoms with Gasteiger partial charge < -0.3 is 10.2 Å². The zero-order valence-electron chi connectivity index (χ0n) is 20.1. The van der Waals surface area contributed by atoms with Crippen LogP contribution in [0.25, 0.3) is 0 Å². The Morgan fingerprint density at radius 1 is 1.18 bits per heavy atom. The normalized spacial score (nSPS) is 43.5. The van der Waals surface area contributed by atoms with Crippen LogP contribution in [0.2, 0.25) is 0 Å². The van der Waals surface area contributed by atoms with Gasteiger partial charge in [-0.2, -0.15) is 0 Å². The van der Waals surface area contributed by atoms with Crippen molar-refractivity contribution in [1.82, 2.24) is 0 Å². The van der Waals surface area contributed by atoms with Crippen LogP contribution in [0.1, 0.15) is 81.4 Å². The molecule has 5 aliphatic rings. The molecule has 1 spiro atoms. The summed E-state index contributed by atoms with van der Waals surface area (Å²) in [6.07, 6.45) is 14.6. The molecular weight excluding hydrogens is 408 g/mol. The Balaban J connectivity index is 1.53. The number of allylic oxidation sites excluding steroid dienone is 1. The van der Waals surface area contributed by atoms with Crippen LogP contribution in [0.15, 0.2) is 42.0 Å². The molecule has 2 N–H and O–H groups in total. The van der Waals surface area contributed by atoms with Crippen LogP contribution >= 0.6 is 0 Å². The van der Waals surface area contributed by atoms with Gasteiger partial charge in [0.2, 0.25) is 0 Å². The van der Waals surface area contributed by atoms with Crippen LogP contribution in [-0.2, 0) is 17.6 Å². The average Bonchev–Trinajstić information content (AvgIpc) is 3.08. The van der Waals surface area contributed by atoms with Crippen molar-refractivity contribution in [1.29, 1.82) is 0 Å². The van der Waals surface area contributed by atoms with E-state index in [1.165, 1.54) is 22.3 Å². The van der Waals surface area contributed by atoms with Crippen LogP contribution in [0.3, 0.4) is 0 Å². The van der Waals surface area contributed by atoms with Crippen molar-refractivity contribution >= 4 is 5.78 Å². The Labute approximate surface area is 198 Å². The number of carbonyl (C=O) groups excluding carboxylic acids is 1. The molecule has 3 heteroatoms. The van der Waals surface area contributed by atoms with Gasteiger partial charge in [-0.25, -0.2) is 0 Å². The monoisotopic (exact) mass is 446 g/mol. The minimum atomic E-state index is -0.849. The van der Waals surface area contributed by atoms with Gasteiger partial charge in [0.05, 0.1) is 12.2 Å². The van der Waals surface area contributed by atoms with E-state index in [2.05, 4.69) is 32.0 Å². The van der Waals surface area contributed by atoms with Gasteiger partial charge in [-0.3, -0.25) is 4.79 Å². The van der Waals surface area contributed by atoms with Crippen LogP contribution in [0.4, 0.5) is 0 Å². The summed E-state index contributed by atoms with van der Waals surface area (Å²) in [6, 6.07) is 7.16. The molecule has 6 rings (SSSR count). The van der Waals surface area contributed by atoms with E-state index < -0.39 is 5.60 Å². The molecular formula is C30H38O3. The molecule has 0 aliphatic heterocycles. The fourth-order valence-electron chi connectivity index (χ4n) is 9.44. The molecule has 0 amide bonds. The Morgan fingerprint density at radius 3 is 2.82 bits per heavy atom. The smallest absolute Gasteiger partial charge is 0.155 e. The number of hydrogen-bond acceptors (Lipinski definition) is 3. The highest BCUT2D eigenvalue weighted by Crippen LogP contribution is 2.73. The SMILES string of the molecule is CCc1ccc2c(c1)C[C@]13CCC(=O)C=C1CC[C@@H]1C3C2C[C@@]2(C)[C@H]1CC[C@@]2(O)/C=C\CO. The highest BCUT2D eigenvalue weighted by molar-refractivity contribution is 5.91. The van der Waals surface area contributed by atoms with Gasteiger partial charge in [0.1, 0.15) is 0 Å². The number of aryl methyl sites for hydroxylation is 1. The molecule has 0 aromatic heterocycles. The van der Waals surface area contributed by atoms with Gasteiger partial charge in [-0.05, 0) is 103 Å². The van der Waals surface area contributed by atoms with Crippen LogP contribution in [-0.4, -0.2) is 28.2 Å². The predicted molar refractivity (Wildman–Crippen MR) is 130 cm³/mol. The quantitative estimate of drug-likeness (QED) is 0.620. The second kappa shape index (κ2) is 7.39. The largest absolute Gasteiger partial charge is 0.392 e. The molecule has 0 bridgehead atoms. The maximum absolute atomic E-state index is 12.5. The minimum Gasteiger partial charge on any atom is -0.392 e. The van der Waals surface area contributed by atoms with Gasteiger partial charge in [0.15, 0.2) is 5.78 Å². The molecule has 3 saturated carbocycles. The van der Waals surface area contributed by atoms with Crippen molar-refractivity contribution in [3.8, 4) is 0 Å². The Kier molecular flexibility index (Phi) is 4.88. The molecule has 0 radical (unpaired) electrons.